The SMILES string of the molecule is Cc1cc(/C=C2\C(=N)N3N=C(CC(=O)N4CCCCC4)SC3=NC2=O)c(C)n1-c1ccccc1Cl. The van der Waals surface area contributed by atoms with Gasteiger partial charge >= 0.3 is 0 Å². The number of thioether (sulfide) groups is 1. The molecule has 0 saturated carbocycles. The highest BCUT2D eigenvalue weighted by molar-refractivity contribution is 8.27. The second-order valence-corrected chi connectivity index (χ2v) is 10.2. The normalized spacial score (nSPS) is 19.2. The summed E-state index contributed by atoms with van der Waals surface area (Å²) in [4.78, 5) is 31.5. The van der Waals surface area contributed by atoms with Gasteiger partial charge in [0.05, 0.1) is 22.7 Å². The van der Waals surface area contributed by atoms with Gasteiger partial charge in [0.15, 0.2) is 5.84 Å². The third kappa shape index (κ3) is 4.46. The van der Waals surface area contributed by atoms with E-state index in [1.165, 1.54) is 16.8 Å². The Morgan fingerprint density at radius 3 is 2.69 bits per heavy atom. The number of aryl methyl sites for hydroxylation is 1. The number of amidine groups is 2. The van der Waals surface area contributed by atoms with Gasteiger partial charge < -0.3 is 9.47 Å². The number of halogens is 1. The molecule has 0 spiro atoms. The first-order chi connectivity index (χ1) is 16.8. The van der Waals surface area contributed by atoms with Crippen molar-refractivity contribution in [3.63, 3.8) is 0 Å². The topological polar surface area (TPSA) is 94.1 Å². The summed E-state index contributed by atoms with van der Waals surface area (Å²) < 4.78 is 2.02. The van der Waals surface area contributed by atoms with Crippen molar-refractivity contribution >= 4 is 57.3 Å². The molecule has 2 amide bonds. The molecule has 0 bridgehead atoms. The van der Waals surface area contributed by atoms with Crippen LogP contribution in [-0.4, -0.2) is 55.4 Å². The Bertz CT molecular complexity index is 1340. The Morgan fingerprint density at radius 1 is 1.20 bits per heavy atom. The second kappa shape index (κ2) is 9.47. The fourth-order valence-electron chi connectivity index (χ4n) is 4.58. The first-order valence-corrected chi connectivity index (χ1v) is 12.7. The van der Waals surface area contributed by atoms with Gasteiger partial charge in [-0.05, 0) is 74.7 Å². The molecule has 1 fully saturated rings. The lowest BCUT2D eigenvalue weighted by atomic mass is 10.1. The Labute approximate surface area is 212 Å². The van der Waals surface area contributed by atoms with Crippen LogP contribution in [0.4, 0.5) is 0 Å². The fraction of sp³-hybridized carbons (Fsp3) is 0.320. The van der Waals surface area contributed by atoms with Gasteiger partial charge in [-0.2, -0.15) is 15.1 Å². The van der Waals surface area contributed by atoms with Crippen molar-refractivity contribution in [2.45, 2.75) is 39.5 Å². The van der Waals surface area contributed by atoms with Crippen molar-refractivity contribution in [1.82, 2.24) is 14.5 Å². The molecule has 0 aliphatic carbocycles. The van der Waals surface area contributed by atoms with Gasteiger partial charge in [-0.15, -0.1) is 0 Å². The van der Waals surface area contributed by atoms with Crippen molar-refractivity contribution in [2.24, 2.45) is 10.1 Å². The maximum absolute atomic E-state index is 12.9. The van der Waals surface area contributed by atoms with E-state index in [9.17, 15) is 9.59 Å². The number of hydrogen-bond acceptors (Lipinski definition) is 5. The number of carbonyl (C=O) groups excluding carboxylic acids is 2. The monoisotopic (exact) mass is 508 g/mol. The molecule has 180 valence electrons. The summed E-state index contributed by atoms with van der Waals surface area (Å²) in [6, 6.07) is 9.53. The number of aliphatic imine (C=N–C) groups is 1. The van der Waals surface area contributed by atoms with Gasteiger partial charge in [-0.1, -0.05) is 23.7 Å². The Kier molecular flexibility index (Phi) is 6.37. The van der Waals surface area contributed by atoms with E-state index < -0.39 is 5.91 Å². The zero-order valence-electron chi connectivity index (χ0n) is 19.5. The van der Waals surface area contributed by atoms with Crippen molar-refractivity contribution in [3.05, 3.63) is 57.9 Å². The van der Waals surface area contributed by atoms with E-state index in [0.717, 1.165) is 55.0 Å². The minimum absolute atomic E-state index is 0.0250. The van der Waals surface area contributed by atoms with E-state index in [1.54, 1.807) is 6.08 Å². The largest absolute Gasteiger partial charge is 0.342 e. The molecule has 2 aromatic rings. The number of nitrogens with zero attached hydrogens (tertiary/aromatic N) is 5. The van der Waals surface area contributed by atoms with Gasteiger partial charge in [0, 0.05) is 24.5 Å². The molecule has 0 atom stereocenters. The van der Waals surface area contributed by atoms with Crippen molar-refractivity contribution < 1.29 is 9.59 Å². The highest BCUT2D eigenvalue weighted by Crippen LogP contribution is 2.32. The van der Waals surface area contributed by atoms with Gasteiger partial charge in [0.25, 0.3) is 5.91 Å². The second-order valence-electron chi connectivity index (χ2n) is 8.75. The van der Waals surface area contributed by atoms with Crippen molar-refractivity contribution in [1.29, 1.82) is 5.41 Å². The first kappa shape index (κ1) is 23.6. The Balaban J connectivity index is 1.40. The van der Waals surface area contributed by atoms with E-state index in [1.807, 2.05) is 53.6 Å². The average molecular weight is 509 g/mol. The van der Waals surface area contributed by atoms with E-state index in [4.69, 9.17) is 17.0 Å². The molecule has 35 heavy (non-hydrogen) atoms. The number of hydrogen-bond donors (Lipinski definition) is 1. The number of amides is 2. The third-order valence-electron chi connectivity index (χ3n) is 6.37. The molecule has 4 heterocycles. The number of hydrazone groups is 1. The molecule has 1 saturated heterocycles. The molecule has 0 unspecified atom stereocenters. The van der Waals surface area contributed by atoms with E-state index in [-0.39, 0.29) is 23.7 Å². The van der Waals surface area contributed by atoms with Crippen molar-refractivity contribution in [3.8, 4) is 5.69 Å². The number of likely N-dealkylation sites (tertiary alicyclic amines) is 1. The summed E-state index contributed by atoms with van der Waals surface area (Å²) in [5.41, 5.74) is 3.65. The van der Waals surface area contributed by atoms with Gasteiger partial charge in [-0.3, -0.25) is 15.0 Å². The number of nitrogens with one attached hydrogen (secondary N) is 1. The first-order valence-electron chi connectivity index (χ1n) is 11.5. The lowest BCUT2D eigenvalue weighted by Crippen LogP contribution is -2.36. The summed E-state index contributed by atoms with van der Waals surface area (Å²) in [5, 5.41) is 16.0. The highest BCUT2D eigenvalue weighted by atomic mass is 35.5. The van der Waals surface area contributed by atoms with Crippen LogP contribution in [0.1, 0.15) is 42.6 Å². The molecule has 3 aliphatic heterocycles. The van der Waals surface area contributed by atoms with Crippen LogP contribution in [0.25, 0.3) is 11.8 Å². The predicted molar refractivity (Wildman–Crippen MR) is 140 cm³/mol. The molecule has 8 nitrogen and oxygen atoms in total. The van der Waals surface area contributed by atoms with Crippen LogP contribution in [0.5, 0.6) is 0 Å². The number of fused-ring (bicyclic) bond motifs is 1. The summed E-state index contributed by atoms with van der Waals surface area (Å²) in [6.07, 6.45) is 5.03. The van der Waals surface area contributed by atoms with Crippen LogP contribution in [0, 0.1) is 19.3 Å². The minimum atomic E-state index is -0.491. The van der Waals surface area contributed by atoms with Crippen LogP contribution < -0.4 is 0 Å². The number of piperidine rings is 1. The molecule has 1 aromatic carbocycles. The third-order valence-corrected chi connectivity index (χ3v) is 7.60. The van der Waals surface area contributed by atoms with Gasteiger partial charge in [0.2, 0.25) is 11.1 Å². The summed E-state index contributed by atoms with van der Waals surface area (Å²) in [7, 11) is 0. The van der Waals surface area contributed by atoms with Crippen LogP contribution in [0.3, 0.4) is 0 Å². The maximum atomic E-state index is 12.9. The fourth-order valence-corrected chi connectivity index (χ4v) is 5.68. The minimum Gasteiger partial charge on any atom is -0.342 e. The number of benzene rings is 1. The zero-order chi connectivity index (χ0) is 24.7. The van der Waals surface area contributed by atoms with Crippen LogP contribution in [-0.2, 0) is 9.59 Å². The Hall–Kier alpha value is -3.17. The van der Waals surface area contributed by atoms with Crippen molar-refractivity contribution in [2.75, 3.05) is 13.1 Å². The maximum Gasteiger partial charge on any atom is 0.283 e. The quantitative estimate of drug-likeness (QED) is 0.602. The number of aromatic nitrogens is 1. The zero-order valence-corrected chi connectivity index (χ0v) is 21.1. The van der Waals surface area contributed by atoms with Gasteiger partial charge in [-0.25, -0.2) is 0 Å². The predicted octanol–water partition coefficient (Wildman–Crippen LogP) is 4.77. The summed E-state index contributed by atoms with van der Waals surface area (Å²) in [6.45, 7) is 5.46. The highest BCUT2D eigenvalue weighted by Gasteiger charge is 2.36. The van der Waals surface area contributed by atoms with Crippen LogP contribution >= 0.6 is 23.4 Å². The van der Waals surface area contributed by atoms with E-state index >= 15 is 0 Å². The van der Waals surface area contributed by atoms with Crippen LogP contribution in [0.2, 0.25) is 5.02 Å². The molecule has 1 N–H and O–H groups in total. The average Bonchev–Trinajstić information content (AvgIpc) is 3.37. The standard InChI is InChI=1S/C25H25ClN6O2S/c1-15-12-17(16(2)31(15)20-9-5-4-8-19(20)26)13-18-23(27)32-25(28-24(18)34)35-21(29-32)14-22(33)30-10-6-3-7-11-30/h4-5,8-9,12-13,27H,3,6-7,10-11,14H2,1-2H3/b18-13+,27-23?. The van der Waals surface area contributed by atoms with Crippen LogP contribution in [0.15, 0.2) is 46.0 Å². The Morgan fingerprint density at radius 2 is 1.94 bits per heavy atom. The molecule has 5 rings (SSSR count). The smallest absolute Gasteiger partial charge is 0.283 e. The van der Waals surface area contributed by atoms with E-state index in [2.05, 4.69) is 10.1 Å². The van der Waals surface area contributed by atoms with E-state index in [0.29, 0.717) is 15.2 Å². The lowest BCUT2D eigenvalue weighted by Gasteiger charge is -2.26. The van der Waals surface area contributed by atoms with Gasteiger partial charge in [0.1, 0.15) is 5.04 Å². The molecule has 3 aliphatic rings. The summed E-state index contributed by atoms with van der Waals surface area (Å²) in [5.74, 6) is -0.511. The summed E-state index contributed by atoms with van der Waals surface area (Å²) >= 11 is 7.60. The number of carbonyl (C=O) groups is 2. The molecule has 10 heteroatoms. The lowest BCUT2D eigenvalue weighted by molar-refractivity contribution is -0.130. The molecule has 0 radical (unpaired) electrons. The molecular weight excluding hydrogens is 484 g/mol. The number of para-hydroxylation sites is 1. The molecular formula is C25H25ClN6O2S. The molecule has 1 aromatic heterocycles. The number of rotatable bonds is 4.